The average molecular weight is 857 g/mol. The van der Waals surface area contributed by atoms with E-state index in [-0.39, 0.29) is 29.2 Å². The van der Waals surface area contributed by atoms with Crippen LogP contribution in [0.2, 0.25) is 0 Å². The number of carboxylic acid groups (broad SMARTS) is 1. The van der Waals surface area contributed by atoms with Crippen molar-refractivity contribution >= 4 is 24.1 Å². The summed E-state index contributed by atoms with van der Waals surface area (Å²) in [5, 5.41) is 13.1. The van der Waals surface area contributed by atoms with Crippen molar-refractivity contribution in [2.24, 2.45) is 11.8 Å². The fourth-order valence-corrected chi connectivity index (χ4v) is 11.9. The molecule has 4 atom stereocenters. The number of aliphatic carboxylic acids is 1. The molecule has 0 unspecified atom stereocenters. The van der Waals surface area contributed by atoms with Crippen LogP contribution in [0.1, 0.15) is 171 Å². The van der Waals surface area contributed by atoms with Crippen molar-refractivity contribution in [2.45, 2.75) is 217 Å². The van der Waals surface area contributed by atoms with Crippen molar-refractivity contribution in [3.63, 3.8) is 0 Å². The maximum absolute atomic E-state index is 12.7. The van der Waals surface area contributed by atoms with Gasteiger partial charge in [-0.3, -0.25) is 19.4 Å². The summed E-state index contributed by atoms with van der Waals surface area (Å²) < 4.78 is 11.1. The summed E-state index contributed by atoms with van der Waals surface area (Å²) in [6.07, 6.45) is 18.6. The van der Waals surface area contributed by atoms with Gasteiger partial charge in [0.1, 0.15) is 11.2 Å². The summed E-state index contributed by atoms with van der Waals surface area (Å²) in [7, 11) is 0. The first-order chi connectivity index (χ1) is 28.7. The number of carbonyl (C=O) groups is 4. The van der Waals surface area contributed by atoms with Gasteiger partial charge in [-0.1, -0.05) is 25.7 Å². The third-order valence-corrected chi connectivity index (χ3v) is 15.6. The quantitative estimate of drug-likeness (QED) is 0.260. The lowest BCUT2D eigenvalue weighted by Crippen LogP contribution is -2.59. The highest BCUT2D eigenvalue weighted by molar-refractivity contribution is 5.79. The standard InChI is InChI=1S/C24H43N3O4.C24H41N3O3/c1-23(2,3)31-22(30)26-15-11-24(4,12-16-26)27-13-9-19(10-14-27)25-20-8-6-5-7-18(20)17-21(28)29;1-23(2,3)30-22(29)25-15-11-24(4,12-16-25)26-13-9-19(10-14-26)27-20-8-6-5-7-18(20)17-21(27)28/h18-20,25H,5-17H2,1-4H3,(H,28,29);18-20H,5-17H2,1-4H3/t2*18-,20+/m11/s1. The Morgan fingerprint density at radius 3 is 1.61 bits per heavy atom. The molecule has 3 amide bonds. The molecule has 0 bridgehead atoms. The minimum Gasteiger partial charge on any atom is -0.481 e. The normalized spacial score (nSPS) is 29.6. The Morgan fingerprint density at radius 1 is 0.656 bits per heavy atom. The number of piperidine rings is 4. The maximum Gasteiger partial charge on any atom is 0.410 e. The van der Waals surface area contributed by atoms with Gasteiger partial charge in [0.05, 0.1) is 0 Å². The van der Waals surface area contributed by atoms with E-state index in [2.05, 4.69) is 33.9 Å². The van der Waals surface area contributed by atoms with Crippen molar-refractivity contribution < 1.29 is 33.8 Å². The van der Waals surface area contributed by atoms with Gasteiger partial charge in [-0.2, -0.15) is 0 Å². The molecule has 5 heterocycles. The predicted octanol–water partition coefficient (Wildman–Crippen LogP) is 7.90. The van der Waals surface area contributed by atoms with Gasteiger partial charge >= 0.3 is 18.2 Å². The molecule has 0 spiro atoms. The van der Waals surface area contributed by atoms with Crippen molar-refractivity contribution in [3.05, 3.63) is 0 Å². The minimum absolute atomic E-state index is 0.139. The number of nitrogens with zero attached hydrogens (tertiary/aromatic N) is 5. The van der Waals surface area contributed by atoms with Gasteiger partial charge in [0, 0.05) is 100 Å². The van der Waals surface area contributed by atoms with Gasteiger partial charge < -0.3 is 34.6 Å². The van der Waals surface area contributed by atoms with E-state index in [1.54, 1.807) is 0 Å². The largest absolute Gasteiger partial charge is 0.481 e. The highest BCUT2D eigenvalue weighted by Gasteiger charge is 2.46. The number of hydrogen-bond donors (Lipinski definition) is 2. The lowest BCUT2D eigenvalue weighted by atomic mass is 9.81. The second-order valence-corrected chi connectivity index (χ2v) is 22.4. The number of rotatable bonds is 7. The molecule has 0 aromatic heterocycles. The molecule has 2 aliphatic carbocycles. The summed E-state index contributed by atoms with van der Waals surface area (Å²) in [4.78, 5) is 60.0. The van der Waals surface area contributed by atoms with Crippen molar-refractivity contribution in [3.8, 4) is 0 Å². The van der Waals surface area contributed by atoms with E-state index >= 15 is 0 Å². The lowest BCUT2D eigenvalue weighted by molar-refractivity contribution is -0.138. The fourth-order valence-electron chi connectivity index (χ4n) is 11.9. The van der Waals surface area contributed by atoms with Gasteiger partial charge in [0.2, 0.25) is 5.91 Å². The second-order valence-electron chi connectivity index (χ2n) is 22.4. The van der Waals surface area contributed by atoms with E-state index in [4.69, 9.17) is 9.47 Å². The average Bonchev–Trinajstić information content (AvgIpc) is 3.54. The van der Waals surface area contributed by atoms with Crippen molar-refractivity contribution in [2.75, 3.05) is 52.4 Å². The summed E-state index contributed by atoms with van der Waals surface area (Å²) >= 11 is 0. The van der Waals surface area contributed by atoms with E-state index in [1.165, 1.54) is 32.1 Å². The zero-order chi connectivity index (χ0) is 44.2. The van der Waals surface area contributed by atoms with Gasteiger partial charge in [0.25, 0.3) is 0 Å². The smallest absolute Gasteiger partial charge is 0.410 e. The highest BCUT2D eigenvalue weighted by Crippen LogP contribution is 2.41. The minimum atomic E-state index is -0.667. The molecule has 348 valence electrons. The van der Waals surface area contributed by atoms with Crippen LogP contribution >= 0.6 is 0 Å². The zero-order valence-electron chi connectivity index (χ0n) is 39.5. The third kappa shape index (κ3) is 12.8. The molecule has 7 rings (SSSR count). The molecule has 7 fully saturated rings. The molecule has 5 aliphatic heterocycles. The molecule has 0 radical (unpaired) electrons. The number of hydrogen-bond acceptors (Lipinski definition) is 9. The zero-order valence-corrected chi connectivity index (χ0v) is 39.5. The monoisotopic (exact) mass is 857 g/mol. The molecule has 0 aromatic rings. The number of carbonyl (C=O) groups excluding carboxylic acids is 3. The van der Waals surface area contributed by atoms with Crippen LogP contribution in [-0.4, -0.2) is 152 Å². The maximum atomic E-state index is 12.7. The first-order valence-electron chi connectivity index (χ1n) is 24.5. The molecule has 7 aliphatic rings. The number of amides is 3. The van der Waals surface area contributed by atoms with Gasteiger partial charge in [-0.05, 0) is 144 Å². The number of fused-ring (bicyclic) bond motifs is 1. The van der Waals surface area contributed by atoms with Gasteiger partial charge in [-0.15, -0.1) is 0 Å². The Balaban J connectivity index is 0.000000204. The lowest BCUT2D eigenvalue weighted by Gasteiger charge is -2.50. The SMILES string of the molecule is CC(C)(C)OC(=O)N1CCC(C)(N2CCC(N3C(=O)C[C@H]4CCCC[C@@H]43)CC2)CC1.CC(C)(C)OC(=O)N1CCC(C)(N2CCC(N[C@H]3CCCC[C@@H]3CC(=O)O)CC2)CC1. The number of nitrogens with one attached hydrogen (secondary N) is 1. The van der Waals surface area contributed by atoms with Crippen LogP contribution in [0.15, 0.2) is 0 Å². The molecule has 0 aromatic carbocycles. The Bertz CT molecular complexity index is 1480. The molecule has 13 heteroatoms. The summed E-state index contributed by atoms with van der Waals surface area (Å²) in [5.74, 6) is 0.652. The Morgan fingerprint density at radius 2 is 1.11 bits per heavy atom. The Hall–Kier alpha value is -2.64. The van der Waals surface area contributed by atoms with Gasteiger partial charge in [0.15, 0.2) is 0 Å². The first kappa shape index (κ1) is 47.8. The van der Waals surface area contributed by atoms with Crippen LogP contribution in [0, 0.1) is 11.8 Å². The second kappa shape index (κ2) is 20.0. The van der Waals surface area contributed by atoms with Crippen molar-refractivity contribution in [1.82, 2.24) is 29.8 Å². The van der Waals surface area contributed by atoms with Crippen LogP contribution in [0.25, 0.3) is 0 Å². The summed E-state index contributed by atoms with van der Waals surface area (Å²) in [6, 6.07) is 1.80. The Labute approximate surface area is 368 Å². The third-order valence-electron chi connectivity index (χ3n) is 15.6. The summed E-state index contributed by atoms with van der Waals surface area (Å²) in [5.41, 5.74) is -0.607. The van der Waals surface area contributed by atoms with Crippen LogP contribution < -0.4 is 5.32 Å². The molecular formula is C48H84N6O7. The van der Waals surface area contributed by atoms with Crippen LogP contribution in [-0.2, 0) is 19.1 Å². The summed E-state index contributed by atoms with van der Waals surface area (Å²) in [6.45, 7) is 23.5. The van der Waals surface area contributed by atoms with E-state index in [0.29, 0.717) is 42.4 Å². The number of likely N-dealkylation sites (tertiary alicyclic amines) is 5. The molecule has 13 nitrogen and oxygen atoms in total. The first-order valence-corrected chi connectivity index (χ1v) is 24.5. The van der Waals surface area contributed by atoms with Gasteiger partial charge in [-0.25, -0.2) is 9.59 Å². The fraction of sp³-hybridized carbons (Fsp3) is 0.917. The molecule has 2 saturated carbocycles. The van der Waals surface area contributed by atoms with E-state index in [9.17, 15) is 24.3 Å². The van der Waals surface area contributed by atoms with Crippen LogP contribution in [0.3, 0.4) is 0 Å². The van der Waals surface area contributed by atoms with E-state index in [1.807, 2.05) is 51.3 Å². The highest BCUT2D eigenvalue weighted by atomic mass is 16.6. The topological polar surface area (TPSA) is 135 Å². The van der Waals surface area contributed by atoms with E-state index < -0.39 is 17.2 Å². The molecule has 61 heavy (non-hydrogen) atoms. The number of ether oxygens (including phenoxy) is 2. The Kier molecular flexibility index (Phi) is 15.7. The van der Waals surface area contributed by atoms with Crippen LogP contribution in [0.4, 0.5) is 9.59 Å². The number of carboxylic acids is 1. The predicted molar refractivity (Wildman–Crippen MR) is 238 cm³/mol. The molecular weight excluding hydrogens is 773 g/mol. The van der Waals surface area contributed by atoms with Crippen LogP contribution in [0.5, 0.6) is 0 Å². The molecule has 2 N–H and O–H groups in total. The molecule has 5 saturated heterocycles. The van der Waals surface area contributed by atoms with Crippen molar-refractivity contribution in [1.29, 1.82) is 0 Å². The van der Waals surface area contributed by atoms with E-state index in [0.717, 1.165) is 129 Å².